The summed E-state index contributed by atoms with van der Waals surface area (Å²) in [4.78, 5) is 0. The fourth-order valence-electron chi connectivity index (χ4n) is 1.81. The van der Waals surface area contributed by atoms with Gasteiger partial charge in [0, 0.05) is 18.8 Å². The number of hydrogen-bond acceptors (Lipinski definition) is 3. The lowest BCUT2D eigenvalue weighted by Gasteiger charge is -2.14. The summed E-state index contributed by atoms with van der Waals surface area (Å²) in [7, 11) is 0. The molecule has 0 aliphatic heterocycles. The van der Waals surface area contributed by atoms with Crippen LogP contribution in [0.3, 0.4) is 0 Å². The Labute approximate surface area is 117 Å². The Morgan fingerprint density at radius 3 is 2.42 bits per heavy atom. The Morgan fingerprint density at radius 2 is 1.84 bits per heavy atom. The zero-order valence-electron chi connectivity index (χ0n) is 12.4. The second-order valence-corrected chi connectivity index (χ2v) is 5.41. The van der Waals surface area contributed by atoms with Crippen LogP contribution in [0.1, 0.15) is 32.8 Å². The molecule has 3 heteroatoms. The molecule has 1 unspecified atom stereocenters. The van der Waals surface area contributed by atoms with Gasteiger partial charge in [-0.3, -0.25) is 0 Å². The molecule has 1 atom stereocenters. The fraction of sp³-hybridized carbons (Fsp3) is 0.625. The molecule has 1 aromatic rings. The van der Waals surface area contributed by atoms with Gasteiger partial charge in [0.2, 0.25) is 0 Å². The Balaban J connectivity index is 2.23. The number of aliphatic hydroxyl groups excluding tert-OH is 1. The van der Waals surface area contributed by atoms with E-state index in [9.17, 15) is 5.11 Å². The normalized spacial score (nSPS) is 12.7. The minimum absolute atomic E-state index is 0.388. The van der Waals surface area contributed by atoms with Crippen LogP contribution in [0.15, 0.2) is 24.3 Å². The molecule has 0 amide bonds. The van der Waals surface area contributed by atoms with Gasteiger partial charge in [-0.2, -0.15) is 0 Å². The van der Waals surface area contributed by atoms with Crippen molar-refractivity contribution < 1.29 is 9.84 Å². The molecule has 19 heavy (non-hydrogen) atoms. The van der Waals surface area contributed by atoms with E-state index < -0.39 is 6.10 Å². The van der Waals surface area contributed by atoms with Gasteiger partial charge in [-0.15, -0.1) is 0 Å². The molecule has 0 heterocycles. The third-order valence-corrected chi connectivity index (χ3v) is 2.80. The van der Waals surface area contributed by atoms with Gasteiger partial charge in [0.15, 0.2) is 0 Å². The molecule has 0 aliphatic rings. The van der Waals surface area contributed by atoms with E-state index in [1.165, 1.54) is 12.0 Å². The summed E-state index contributed by atoms with van der Waals surface area (Å²) in [5.74, 6) is 0.506. The van der Waals surface area contributed by atoms with Crippen LogP contribution in [-0.4, -0.2) is 31.0 Å². The van der Waals surface area contributed by atoms with Crippen LogP contribution < -0.4 is 5.32 Å². The highest BCUT2D eigenvalue weighted by Gasteiger charge is 2.05. The molecule has 0 saturated carbocycles. The molecule has 0 fully saturated rings. The number of hydrogen-bond donors (Lipinski definition) is 2. The quantitative estimate of drug-likeness (QED) is 0.721. The molecular formula is C16H27NO2. The summed E-state index contributed by atoms with van der Waals surface area (Å²) < 4.78 is 5.41. The van der Waals surface area contributed by atoms with Crippen molar-refractivity contribution in [2.45, 2.75) is 39.7 Å². The average molecular weight is 265 g/mol. The maximum atomic E-state index is 9.77. The SMILES string of the molecule is CCCc1ccc(NCC(O)COCC(C)C)cc1. The molecule has 1 aromatic carbocycles. The lowest BCUT2D eigenvalue weighted by atomic mass is 10.1. The maximum Gasteiger partial charge on any atom is 0.0945 e. The number of aryl methyl sites for hydroxylation is 1. The predicted octanol–water partition coefficient (Wildman–Crippen LogP) is 3.08. The Kier molecular flexibility index (Phi) is 7.53. The minimum Gasteiger partial charge on any atom is -0.389 e. The molecule has 1 rings (SSSR count). The van der Waals surface area contributed by atoms with Gasteiger partial charge in [-0.1, -0.05) is 39.3 Å². The molecule has 0 aromatic heterocycles. The largest absolute Gasteiger partial charge is 0.389 e. The van der Waals surface area contributed by atoms with E-state index in [4.69, 9.17) is 4.74 Å². The van der Waals surface area contributed by atoms with E-state index in [0.717, 1.165) is 12.1 Å². The van der Waals surface area contributed by atoms with Gasteiger partial charge in [0.05, 0.1) is 12.7 Å². The summed E-state index contributed by atoms with van der Waals surface area (Å²) >= 11 is 0. The molecule has 0 radical (unpaired) electrons. The van der Waals surface area contributed by atoms with Crippen LogP contribution in [0, 0.1) is 5.92 Å². The number of rotatable bonds is 9. The predicted molar refractivity (Wildman–Crippen MR) is 80.6 cm³/mol. The van der Waals surface area contributed by atoms with Crippen molar-refractivity contribution in [2.75, 3.05) is 25.1 Å². The Bertz CT molecular complexity index is 335. The van der Waals surface area contributed by atoms with Gasteiger partial charge in [-0.05, 0) is 30.0 Å². The van der Waals surface area contributed by atoms with Gasteiger partial charge in [-0.25, -0.2) is 0 Å². The van der Waals surface area contributed by atoms with Crippen LogP contribution in [0.2, 0.25) is 0 Å². The van der Waals surface area contributed by atoms with Gasteiger partial charge in [0.1, 0.15) is 0 Å². The number of anilines is 1. The summed E-state index contributed by atoms with van der Waals surface area (Å²) in [6, 6.07) is 8.39. The lowest BCUT2D eigenvalue weighted by molar-refractivity contribution is 0.0318. The average Bonchev–Trinajstić information content (AvgIpc) is 2.38. The highest BCUT2D eigenvalue weighted by molar-refractivity contribution is 5.44. The fourth-order valence-corrected chi connectivity index (χ4v) is 1.81. The second-order valence-electron chi connectivity index (χ2n) is 5.41. The summed E-state index contributed by atoms with van der Waals surface area (Å²) in [5.41, 5.74) is 2.40. The van der Waals surface area contributed by atoms with Crippen molar-refractivity contribution in [1.82, 2.24) is 0 Å². The first-order valence-electron chi connectivity index (χ1n) is 7.20. The smallest absolute Gasteiger partial charge is 0.0945 e. The molecule has 0 saturated heterocycles. The minimum atomic E-state index is -0.464. The topological polar surface area (TPSA) is 41.5 Å². The summed E-state index contributed by atoms with van der Waals surface area (Å²) in [5, 5.41) is 13.0. The first-order chi connectivity index (χ1) is 9.11. The molecule has 2 N–H and O–H groups in total. The van der Waals surface area contributed by atoms with Crippen molar-refractivity contribution in [3.63, 3.8) is 0 Å². The molecule has 0 aliphatic carbocycles. The number of benzene rings is 1. The van der Waals surface area contributed by atoms with Gasteiger partial charge in [0.25, 0.3) is 0 Å². The molecular weight excluding hydrogens is 238 g/mol. The summed E-state index contributed by atoms with van der Waals surface area (Å²) in [6.07, 6.45) is 1.82. The van der Waals surface area contributed by atoms with E-state index in [-0.39, 0.29) is 0 Å². The Hall–Kier alpha value is -1.06. The summed E-state index contributed by atoms with van der Waals surface area (Å²) in [6.45, 7) is 7.98. The van der Waals surface area contributed by atoms with Crippen LogP contribution in [0.25, 0.3) is 0 Å². The number of nitrogens with one attached hydrogen (secondary N) is 1. The molecule has 0 bridgehead atoms. The van der Waals surface area contributed by atoms with Crippen molar-refractivity contribution in [3.8, 4) is 0 Å². The van der Waals surface area contributed by atoms with Crippen LogP contribution in [-0.2, 0) is 11.2 Å². The third-order valence-electron chi connectivity index (χ3n) is 2.80. The highest BCUT2D eigenvalue weighted by atomic mass is 16.5. The van der Waals surface area contributed by atoms with Crippen molar-refractivity contribution >= 4 is 5.69 Å². The zero-order chi connectivity index (χ0) is 14.1. The molecule has 108 valence electrons. The maximum absolute atomic E-state index is 9.77. The van der Waals surface area contributed by atoms with Gasteiger partial charge < -0.3 is 15.2 Å². The van der Waals surface area contributed by atoms with Crippen LogP contribution in [0.4, 0.5) is 5.69 Å². The first kappa shape index (κ1) is 16.0. The highest BCUT2D eigenvalue weighted by Crippen LogP contribution is 2.11. The molecule has 3 nitrogen and oxygen atoms in total. The first-order valence-corrected chi connectivity index (χ1v) is 7.20. The van der Waals surface area contributed by atoms with E-state index in [1.807, 2.05) is 0 Å². The zero-order valence-corrected chi connectivity index (χ0v) is 12.4. The van der Waals surface area contributed by atoms with E-state index in [2.05, 4.69) is 50.4 Å². The van der Waals surface area contributed by atoms with E-state index in [0.29, 0.717) is 25.7 Å². The van der Waals surface area contributed by atoms with Gasteiger partial charge >= 0.3 is 0 Å². The number of ether oxygens (including phenoxy) is 1. The molecule has 0 spiro atoms. The number of aliphatic hydroxyl groups is 1. The standard InChI is InChI=1S/C16H27NO2/c1-4-5-14-6-8-15(9-7-14)17-10-16(18)12-19-11-13(2)3/h6-9,13,16-18H,4-5,10-12H2,1-3H3. The van der Waals surface area contributed by atoms with Crippen molar-refractivity contribution in [3.05, 3.63) is 29.8 Å². The lowest BCUT2D eigenvalue weighted by Crippen LogP contribution is -2.25. The van der Waals surface area contributed by atoms with E-state index >= 15 is 0 Å². The van der Waals surface area contributed by atoms with E-state index in [1.54, 1.807) is 0 Å². The Morgan fingerprint density at radius 1 is 1.16 bits per heavy atom. The van der Waals surface area contributed by atoms with Crippen LogP contribution in [0.5, 0.6) is 0 Å². The van der Waals surface area contributed by atoms with Crippen molar-refractivity contribution in [2.24, 2.45) is 5.92 Å². The third kappa shape index (κ3) is 7.19. The van der Waals surface area contributed by atoms with Crippen LogP contribution >= 0.6 is 0 Å². The monoisotopic (exact) mass is 265 g/mol. The van der Waals surface area contributed by atoms with Crippen molar-refractivity contribution in [1.29, 1.82) is 0 Å². The second kappa shape index (κ2) is 8.94.